The summed E-state index contributed by atoms with van der Waals surface area (Å²) < 4.78 is 0. The van der Waals surface area contributed by atoms with Gasteiger partial charge in [-0.1, -0.05) is 0 Å². The molecule has 5 nitrogen and oxygen atoms in total. The van der Waals surface area contributed by atoms with Crippen LogP contribution in [0.25, 0.3) is 0 Å². The summed E-state index contributed by atoms with van der Waals surface area (Å²) in [5.41, 5.74) is 1.18. The summed E-state index contributed by atoms with van der Waals surface area (Å²) >= 11 is 1.53. The zero-order valence-electron chi connectivity index (χ0n) is 11.2. The van der Waals surface area contributed by atoms with Crippen molar-refractivity contribution >= 4 is 23.1 Å². The second kappa shape index (κ2) is 6.61. The Kier molecular flexibility index (Phi) is 5.43. The van der Waals surface area contributed by atoms with Crippen LogP contribution >= 0.6 is 11.8 Å². The number of anilines is 1. The molecule has 1 aromatic carbocycles. The van der Waals surface area contributed by atoms with Crippen LogP contribution < -0.4 is 4.90 Å². The summed E-state index contributed by atoms with van der Waals surface area (Å²) in [4.78, 5) is 15.6. The summed E-state index contributed by atoms with van der Waals surface area (Å²) in [7, 11) is 6.06. The van der Waals surface area contributed by atoms with Gasteiger partial charge < -0.3 is 9.80 Å². The Labute approximate surface area is 112 Å². The number of nitro benzene ring substituents is 1. The van der Waals surface area contributed by atoms with Crippen molar-refractivity contribution in [2.45, 2.75) is 4.90 Å². The first kappa shape index (κ1) is 14.8. The molecule has 0 aliphatic heterocycles. The minimum Gasteiger partial charge on any atom is -0.372 e. The molecule has 1 rings (SSSR count). The van der Waals surface area contributed by atoms with E-state index < -0.39 is 0 Å². The lowest BCUT2D eigenvalue weighted by molar-refractivity contribution is -0.385. The van der Waals surface area contributed by atoms with Crippen LogP contribution in [-0.4, -0.2) is 50.3 Å². The van der Waals surface area contributed by atoms with E-state index in [1.807, 2.05) is 33.5 Å². The third kappa shape index (κ3) is 3.89. The predicted molar refractivity (Wildman–Crippen MR) is 76.7 cm³/mol. The van der Waals surface area contributed by atoms with Crippen LogP contribution in [0.15, 0.2) is 23.1 Å². The number of nitrogens with zero attached hydrogens (tertiary/aromatic N) is 3. The molecule has 6 heteroatoms. The maximum Gasteiger partial charge on any atom is 0.270 e. The SMILES string of the molecule is CSc1cc([N+](=O)[O-])ccc1N(C)CCN(C)C. The Hall–Kier alpha value is -1.27. The quantitative estimate of drug-likeness (QED) is 0.450. The van der Waals surface area contributed by atoms with Crippen LogP contribution in [0.1, 0.15) is 0 Å². The molecular weight excluding hydrogens is 250 g/mol. The summed E-state index contributed by atoms with van der Waals surface area (Å²) in [5.74, 6) is 0. The van der Waals surface area contributed by atoms with Gasteiger partial charge in [0.1, 0.15) is 0 Å². The van der Waals surface area contributed by atoms with Gasteiger partial charge >= 0.3 is 0 Å². The number of non-ortho nitro benzene ring substituents is 1. The van der Waals surface area contributed by atoms with Gasteiger partial charge in [-0.15, -0.1) is 11.8 Å². The molecule has 0 N–H and O–H groups in total. The standard InChI is InChI=1S/C12H19N3O2S/c1-13(2)7-8-14(3)11-6-5-10(15(16)17)9-12(11)18-4/h5-6,9H,7-8H2,1-4H3. The van der Waals surface area contributed by atoms with E-state index >= 15 is 0 Å². The number of hydrogen-bond donors (Lipinski definition) is 0. The number of likely N-dealkylation sites (N-methyl/N-ethyl adjacent to an activating group) is 2. The highest BCUT2D eigenvalue weighted by molar-refractivity contribution is 7.98. The van der Waals surface area contributed by atoms with Crippen LogP contribution in [0.2, 0.25) is 0 Å². The molecule has 0 fully saturated rings. The summed E-state index contributed by atoms with van der Waals surface area (Å²) in [5, 5.41) is 10.7. The molecule has 0 amide bonds. The number of rotatable bonds is 6. The lowest BCUT2D eigenvalue weighted by atomic mass is 10.2. The topological polar surface area (TPSA) is 49.6 Å². The summed E-state index contributed by atoms with van der Waals surface area (Å²) in [6, 6.07) is 5.01. The Morgan fingerprint density at radius 1 is 1.28 bits per heavy atom. The third-order valence-corrected chi connectivity index (χ3v) is 3.43. The van der Waals surface area contributed by atoms with E-state index in [4.69, 9.17) is 0 Å². The summed E-state index contributed by atoms with van der Waals surface area (Å²) in [6.07, 6.45) is 1.93. The van der Waals surface area contributed by atoms with E-state index in [1.165, 1.54) is 11.8 Å². The maximum atomic E-state index is 10.7. The van der Waals surface area contributed by atoms with E-state index in [2.05, 4.69) is 9.80 Å². The van der Waals surface area contributed by atoms with Gasteiger partial charge in [0.05, 0.1) is 10.6 Å². The molecule has 0 saturated carbocycles. The van der Waals surface area contributed by atoms with Gasteiger partial charge in [0.15, 0.2) is 0 Å². The molecule has 0 aliphatic rings. The van der Waals surface area contributed by atoms with Gasteiger partial charge in [0, 0.05) is 37.2 Å². The molecular formula is C12H19N3O2S. The second-order valence-corrected chi connectivity index (χ2v) is 5.19. The Morgan fingerprint density at radius 3 is 2.44 bits per heavy atom. The van der Waals surface area contributed by atoms with Gasteiger partial charge in [-0.2, -0.15) is 0 Å². The minimum atomic E-state index is -0.358. The van der Waals surface area contributed by atoms with Crippen LogP contribution in [0.4, 0.5) is 11.4 Å². The number of thioether (sulfide) groups is 1. The Bertz CT molecular complexity index is 424. The molecule has 0 saturated heterocycles. The lowest BCUT2D eigenvalue weighted by Gasteiger charge is -2.23. The van der Waals surface area contributed by atoms with Gasteiger partial charge in [0.2, 0.25) is 0 Å². The van der Waals surface area contributed by atoms with Crippen molar-refractivity contribution in [2.24, 2.45) is 0 Å². The fourth-order valence-corrected chi connectivity index (χ4v) is 2.24. The fraction of sp³-hybridized carbons (Fsp3) is 0.500. The van der Waals surface area contributed by atoms with Gasteiger partial charge in [-0.25, -0.2) is 0 Å². The monoisotopic (exact) mass is 269 g/mol. The average Bonchev–Trinajstić information content (AvgIpc) is 2.34. The molecule has 0 heterocycles. The average molecular weight is 269 g/mol. The first-order valence-corrected chi connectivity index (χ1v) is 6.86. The smallest absolute Gasteiger partial charge is 0.270 e. The molecule has 0 bridgehead atoms. The van der Waals surface area contributed by atoms with Crippen molar-refractivity contribution in [1.82, 2.24) is 4.90 Å². The van der Waals surface area contributed by atoms with Gasteiger partial charge in [-0.3, -0.25) is 10.1 Å². The number of benzene rings is 1. The Balaban J connectivity index is 2.91. The molecule has 1 aromatic rings. The van der Waals surface area contributed by atoms with E-state index in [0.717, 1.165) is 23.7 Å². The Morgan fingerprint density at radius 2 is 1.94 bits per heavy atom. The van der Waals surface area contributed by atoms with Crippen molar-refractivity contribution in [3.63, 3.8) is 0 Å². The van der Waals surface area contributed by atoms with Gasteiger partial charge in [0.25, 0.3) is 5.69 Å². The molecule has 0 aromatic heterocycles. The minimum absolute atomic E-state index is 0.143. The van der Waals surface area contributed by atoms with Crippen molar-refractivity contribution < 1.29 is 4.92 Å². The first-order valence-electron chi connectivity index (χ1n) is 5.64. The largest absolute Gasteiger partial charge is 0.372 e. The van der Waals surface area contributed by atoms with Crippen LogP contribution in [0, 0.1) is 10.1 Å². The molecule has 100 valence electrons. The van der Waals surface area contributed by atoms with Crippen molar-refractivity contribution in [2.75, 3.05) is 45.4 Å². The number of nitro groups is 1. The molecule has 0 aliphatic carbocycles. The highest BCUT2D eigenvalue weighted by Crippen LogP contribution is 2.31. The van der Waals surface area contributed by atoms with Crippen LogP contribution in [0.3, 0.4) is 0 Å². The van der Waals surface area contributed by atoms with Crippen molar-refractivity contribution in [3.05, 3.63) is 28.3 Å². The normalized spacial score (nSPS) is 10.7. The maximum absolute atomic E-state index is 10.7. The third-order valence-electron chi connectivity index (χ3n) is 2.67. The first-order chi connectivity index (χ1) is 8.45. The predicted octanol–water partition coefficient (Wildman–Crippen LogP) is 2.31. The molecule has 0 atom stereocenters. The molecule has 18 heavy (non-hydrogen) atoms. The second-order valence-electron chi connectivity index (χ2n) is 4.34. The molecule has 0 radical (unpaired) electrons. The van der Waals surface area contributed by atoms with E-state index in [0.29, 0.717) is 0 Å². The highest BCUT2D eigenvalue weighted by Gasteiger charge is 2.12. The van der Waals surface area contributed by atoms with Crippen molar-refractivity contribution in [3.8, 4) is 0 Å². The lowest BCUT2D eigenvalue weighted by Crippen LogP contribution is -2.28. The number of hydrogen-bond acceptors (Lipinski definition) is 5. The molecule has 0 spiro atoms. The zero-order chi connectivity index (χ0) is 13.7. The fourth-order valence-electron chi connectivity index (χ4n) is 1.57. The van der Waals surface area contributed by atoms with Crippen LogP contribution in [-0.2, 0) is 0 Å². The van der Waals surface area contributed by atoms with E-state index in [9.17, 15) is 10.1 Å². The van der Waals surface area contributed by atoms with E-state index in [1.54, 1.807) is 12.1 Å². The highest BCUT2D eigenvalue weighted by atomic mass is 32.2. The van der Waals surface area contributed by atoms with Crippen LogP contribution in [0.5, 0.6) is 0 Å². The molecule has 0 unspecified atom stereocenters. The van der Waals surface area contributed by atoms with Gasteiger partial charge in [-0.05, 0) is 26.4 Å². The van der Waals surface area contributed by atoms with E-state index in [-0.39, 0.29) is 10.6 Å². The summed E-state index contributed by atoms with van der Waals surface area (Å²) in [6.45, 7) is 1.83. The zero-order valence-corrected chi connectivity index (χ0v) is 12.0. The van der Waals surface area contributed by atoms with Crippen molar-refractivity contribution in [1.29, 1.82) is 0 Å².